The van der Waals surface area contributed by atoms with Crippen LogP contribution in [-0.2, 0) is 12.8 Å². The molecule has 8 aliphatic carbocycles. The summed E-state index contributed by atoms with van der Waals surface area (Å²) in [6.07, 6.45) is 19.3. The van der Waals surface area contributed by atoms with E-state index in [0.717, 1.165) is 70.0 Å². The molecular weight excluding hydrogens is 565 g/mol. The molecule has 0 saturated heterocycles. The highest BCUT2D eigenvalue weighted by atomic mass is 14.6. The molecule has 47 heavy (non-hydrogen) atoms. The fourth-order valence-electron chi connectivity index (χ4n) is 9.64. The van der Waals surface area contributed by atoms with Crippen molar-refractivity contribution < 1.29 is 0 Å². The lowest BCUT2D eigenvalue weighted by molar-refractivity contribution is -0.141. The van der Waals surface area contributed by atoms with Crippen molar-refractivity contribution in [2.45, 2.75) is 165 Å². The Hall–Kier alpha value is -1.56. The second-order valence-corrected chi connectivity index (χ2v) is 19.2. The van der Waals surface area contributed by atoms with Gasteiger partial charge in [-0.3, -0.25) is 0 Å². The third kappa shape index (κ3) is 8.79. The normalized spacial score (nSPS) is 28.4. The second kappa shape index (κ2) is 15.5. The van der Waals surface area contributed by atoms with Gasteiger partial charge in [-0.05, 0) is 156 Å². The number of benzene rings is 2. The molecular formula is C47H74. The van der Waals surface area contributed by atoms with Gasteiger partial charge in [-0.15, -0.1) is 0 Å². The molecule has 2 aromatic carbocycles. The molecule has 2 aromatic rings. The summed E-state index contributed by atoms with van der Waals surface area (Å²) in [6.45, 7) is 23.4. The highest BCUT2D eigenvalue weighted by molar-refractivity contribution is 5.40. The van der Waals surface area contributed by atoms with E-state index >= 15 is 0 Å². The Bertz CT molecular complexity index is 1230. The predicted molar refractivity (Wildman–Crippen MR) is 206 cm³/mol. The molecule has 0 aromatic heterocycles. The molecule has 0 aliphatic heterocycles. The van der Waals surface area contributed by atoms with Gasteiger partial charge in [0.15, 0.2) is 0 Å². The van der Waals surface area contributed by atoms with E-state index in [4.69, 9.17) is 0 Å². The van der Waals surface area contributed by atoms with Gasteiger partial charge >= 0.3 is 0 Å². The van der Waals surface area contributed by atoms with Crippen LogP contribution in [0.25, 0.3) is 0 Å². The van der Waals surface area contributed by atoms with Crippen LogP contribution in [-0.4, -0.2) is 0 Å². The van der Waals surface area contributed by atoms with Gasteiger partial charge in [-0.25, -0.2) is 0 Å². The molecule has 8 aliphatic rings. The van der Waals surface area contributed by atoms with Crippen LogP contribution in [0.15, 0.2) is 48.5 Å². The average Bonchev–Trinajstić information content (AvgIpc) is 3.58. The van der Waals surface area contributed by atoms with E-state index in [1.165, 1.54) is 38.5 Å². The zero-order valence-corrected chi connectivity index (χ0v) is 32.6. The van der Waals surface area contributed by atoms with Crippen molar-refractivity contribution in [1.29, 1.82) is 0 Å². The molecule has 262 valence electrons. The second-order valence-electron chi connectivity index (χ2n) is 19.2. The molecule has 2 unspecified atom stereocenters. The maximum Gasteiger partial charge on any atom is -0.00956 e. The summed E-state index contributed by atoms with van der Waals surface area (Å²) < 4.78 is 0. The minimum Gasteiger partial charge on any atom is -0.0625 e. The number of hydrogen-bond donors (Lipinski definition) is 0. The molecule has 0 nitrogen and oxygen atoms in total. The third-order valence-corrected chi connectivity index (χ3v) is 14.4. The highest BCUT2D eigenvalue weighted by Crippen LogP contribution is 2.68. The van der Waals surface area contributed by atoms with E-state index in [-0.39, 0.29) is 0 Å². The van der Waals surface area contributed by atoms with Crippen molar-refractivity contribution in [3.05, 3.63) is 70.8 Å². The van der Waals surface area contributed by atoms with E-state index in [0.29, 0.717) is 0 Å². The van der Waals surface area contributed by atoms with Crippen molar-refractivity contribution in [3.63, 3.8) is 0 Å². The molecule has 0 heterocycles. The lowest BCUT2D eigenvalue weighted by Crippen LogP contribution is -2.54. The van der Waals surface area contributed by atoms with Crippen molar-refractivity contribution in [2.24, 2.45) is 58.2 Å². The standard InChI is InChI=1S/C12H16.C11H14.C9H16.C8H14.C7H14/c1-9(2)11-8-7-10-5-3-4-6-12(10)11;1-8(2)11-7-9-5-3-4-6-10(9)11;1-7(2)8-5-9(6-8)3-4-9;1-6(2)8-3-7(4-8)5-8;1-6(2)7-4-3-5-7/h3-6,9,11H,7-8H2,1-2H3;3-6,8,11H,7H2,1-2H3;7-8H,3-6H2,1-2H3;6-7H,3-5H2,1-2H3;6-7H,3-5H2,1-2H3. The molecule has 2 atom stereocenters. The molecule has 2 bridgehead atoms. The van der Waals surface area contributed by atoms with E-state index < -0.39 is 0 Å². The molecule has 0 heteroatoms. The van der Waals surface area contributed by atoms with Gasteiger partial charge in [0.2, 0.25) is 0 Å². The van der Waals surface area contributed by atoms with Crippen LogP contribution in [0.5, 0.6) is 0 Å². The Morgan fingerprint density at radius 1 is 0.532 bits per heavy atom. The first-order valence-corrected chi connectivity index (χ1v) is 20.5. The van der Waals surface area contributed by atoms with Crippen molar-refractivity contribution >= 4 is 0 Å². The number of hydrogen-bond acceptors (Lipinski definition) is 0. The van der Waals surface area contributed by atoms with Crippen LogP contribution in [0.1, 0.15) is 174 Å². The van der Waals surface area contributed by atoms with E-state index in [1.807, 2.05) is 0 Å². The fourth-order valence-corrected chi connectivity index (χ4v) is 9.64. The van der Waals surface area contributed by atoms with Gasteiger partial charge in [0, 0.05) is 0 Å². The van der Waals surface area contributed by atoms with E-state index in [2.05, 4.69) is 118 Å². The summed E-state index contributed by atoms with van der Waals surface area (Å²) in [6, 6.07) is 17.7. The zero-order chi connectivity index (χ0) is 33.9. The Labute approximate surface area is 292 Å². The molecule has 10 rings (SSSR count). The van der Waals surface area contributed by atoms with Gasteiger partial charge < -0.3 is 0 Å². The largest absolute Gasteiger partial charge is 0.0625 e. The van der Waals surface area contributed by atoms with Crippen LogP contribution in [0.2, 0.25) is 0 Å². The summed E-state index contributed by atoms with van der Waals surface area (Å²) in [5.74, 6) is 9.48. The van der Waals surface area contributed by atoms with Crippen LogP contribution < -0.4 is 0 Å². The van der Waals surface area contributed by atoms with Gasteiger partial charge in [-0.1, -0.05) is 137 Å². The highest BCUT2D eigenvalue weighted by Gasteiger charge is 2.57. The molecule has 0 N–H and O–H groups in total. The van der Waals surface area contributed by atoms with Crippen LogP contribution in [0.4, 0.5) is 0 Å². The summed E-state index contributed by atoms with van der Waals surface area (Å²) in [5.41, 5.74) is 8.12. The number of rotatable bonds is 5. The van der Waals surface area contributed by atoms with Gasteiger partial charge in [0.1, 0.15) is 0 Å². The Morgan fingerprint density at radius 2 is 1.04 bits per heavy atom. The quantitative estimate of drug-likeness (QED) is 0.306. The molecule has 0 amide bonds. The zero-order valence-electron chi connectivity index (χ0n) is 32.6. The molecule has 6 fully saturated rings. The smallest absolute Gasteiger partial charge is 0.00956 e. The molecule has 1 spiro atoms. The first-order valence-electron chi connectivity index (χ1n) is 20.5. The van der Waals surface area contributed by atoms with E-state index in [9.17, 15) is 0 Å². The first-order chi connectivity index (χ1) is 22.3. The van der Waals surface area contributed by atoms with Crippen LogP contribution in [0, 0.1) is 58.2 Å². The minimum absolute atomic E-state index is 0.800. The Kier molecular flexibility index (Phi) is 12.1. The van der Waals surface area contributed by atoms with Crippen LogP contribution >= 0.6 is 0 Å². The molecule has 6 saturated carbocycles. The van der Waals surface area contributed by atoms with Gasteiger partial charge in [0.05, 0.1) is 0 Å². The maximum absolute atomic E-state index is 2.37. The topological polar surface area (TPSA) is 0 Å². The Morgan fingerprint density at radius 3 is 1.38 bits per heavy atom. The fraction of sp³-hybridized carbons (Fsp3) is 0.745. The summed E-state index contributed by atoms with van der Waals surface area (Å²) in [5, 5.41) is 0. The van der Waals surface area contributed by atoms with Crippen molar-refractivity contribution in [1.82, 2.24) is 0 Å². The number of aryl methyl sites for hydroxylation is 1. The monoisotopic (exact) mass is 639 g/mol. The average molecular weight is 639 g/mol. The van der Waals surface area contributed by atoms with Gasteiger partial charge in [-0.2, -0.15) is 0 Å². The lowest BCUT2D eigenvalue weighted by Gasteiger charge is -2.64. The number of fused-ring (bicyclic) bond motifs is 2. The van der Waals surface area contributed by atoms with Crippen molar-refractivity contribution in [2.75, 3.05) is 0 Å². The van der Waals surface area contributed by atoms with E-state index in [1.54, 1.807) is 67.2 Å². The van der Waals surface area contributed by atoms with Gasteiger partial charge in [0.25, 0.3) is 0 Å². The maximum atomic E-state index is 2.37. The lowest BCUT2D eigenvalue weighted by atomic mass is 9.41. The predicted octanol–water partition coefficient (Wildman–Crippen LogP) is 14.1. The minimum atomic E-state index is 0.800. The summed E-state index contributed by atoms with van der Waals surface area (Å²) >= 11 is 0. The SMILES string of the molecule is CC(C)C12CC(C1)C2.CC(C)C1CC2(CC2)C1.CC(C)C1CCC1.CC(C)C1CCc2ccccc21.CC(C)C1Cc2ccccc21. The summed E-state index contributed by atoms with van der Waals surface area (Å²) in [4.78, 5) is 0. The third-order valence-electron chi connectivity index (χ3n) is 14.4. The Balaban J connectivity index is 0.000000117. The summed E-state index contributed by atoms with van der Waals surface area (Å²) in [7, 11) is 0. The molecule has 0 radical (unpaired) electrons. The first kappa shape index (κ1) is 36.7. The van der Waals surface area contributed by atoms with Crippen LogP contribution in [0.3, 0.4) is 0 Å². The van der Waals surface area contributed by atoms with Crippen molar-refractivity contribution in [3.8, 4) is 0 Å².